The van der Waals surface area contributed by atoms with Gasteiger partial charge in [0.1, 0.15) is 18.1 Å². The molecule has 0 atom stereocenters. The molecule has 6 heteroatoms. The number of carbonyl (C=O) groups excluding carboxylic acids is 1. The fraction of sp³-hybridized carbons (Fsp3) is 0.241. The first kappa shape index (κ1) is 24.6. The van der Waals surface area contributed by atoms with Crippen LogP contribution in [0.4, 0.5) is 5.69 Å². The number of anilines is 1. The molecule has 0 aliphatic heterocycles. The first-order valence-corrected chi connectivity index (χ1v) is 11.9. The molecule has 180 valence electrons. The molecule has 0 aliphatic carbocycles. The maximum Gasteiger partial charge on any atom is 0.221 e. The predicted octanol–water partition coefficient (Wildman–Crippen LogP) is 7.36. The van der Waals surface area contributed by atoms with Gasteiger partial charge in [0.2, 0.25) is 5.91 Å². The summed E-state index contributed by atoms with van der Waals surface area (Å²) in [6.07, 6.45) is 0.621. The smallest absolute Gasteiger partial charge is 0.221 e. The first-order chi connectivity index (χ1) is 16.7. The van der Waals surface area contributed by atoms with Crippen LogP contribution in [0.3, 0.4) is 0 Å². The summed E-state index contributed by atoms with van der Waals surface area (Å²) in [4.78, 5) is 11.9. The summed E-state index contributed by atoms with van der Waals surface area (Å²) in [5, 5.41) is 7.68. The van der Waals surface area contributed by atoms with Crippen molar-refractivity contribution in [2.45, 2.75) is 47.6 Å². The van der Waals surface area contributed by atoms with Crippen LogP contribution in [0.5, 0.6) is 5.75 Å². The highest BCUT2D eigenvalue weighted by Crippen LogP contribution is 2.33. The Bertz CT molecular complexity index is 1370. The molecule has 3 aromatic carbocycles. The molecule has 4 rings (SSSR count). The summed E-state index contributed by atoms with van der Waals surface area (Å²) >= 11 is 6.21. The van der Waals surface area contributed by atoms with Crippen LogP contribution in [-0.4, -0.2) is 11.1 Å². The minimum Gasteiger partial charge on any atom is -0.489 e. The highest BCUT2D eigenvalue weighted by atomic mass is 35.5. The summed E-state index contributed by atoms with van der Waals surface area (Å²) in [5.74, 6) is 1.35. The first-order valence-electron chi connectivity index (χ1n) is 11.5. The van der Waals surface area contributed by atoms with Crippen LogP contribution < -0.4 is 10.1 Å². The van der Waals surface area contributed by atoms with E-state index in [1.807, 2.05) is 44.2 Å². The van der Waals surface area contributed by atoms with Crippen molar-refractivity contribution in [3.8, 4) is 16.9 Å². The predicted molar refractivity (Wildman–Crippen MR) is 140 cm³/mol. The fourth-order valence-corrected chi connectivity index (χ4v) is 4.44. The lowest BCUT2D eigenvalue weighted by atomic mass is 9.91. The number of hydrogen-bond donors (Lipinski definition) is 1. The number of rotatable bonds is 7. The highest BCUT2D eigenvalue weighted by molar-refractivity contribution is 6.30. The summed E-state index contributed by atoms with van der Waals surface area (Å²) in [7, 11) is 0. The number of nitrogens with one attached hydrogen (secondary N) is 1. The van der Waals surface area contributed by atoms with Crippen LogP contribution in [0.2, 0.25) is 5.02 Å². The van der Waals surface area contributed by atoms with Crippen LogP contribution in [0, 0.1) is 27.7 Å². The van der Waals surface area contributed by atoms with Crippen LogP contribution in [-0.2, 0) is 17.8 Å². The van der Waals surface area contributed by atoms with Gasteiger partial charge in [0.15, 0.2) is 0 Å². The average molecular weight is 489 g/mol. The van der Waals surface area contributed by atoms with Crippen LogP contribution in [0.15, 0.2) is 59.1 Å². The van der Waals surface area contributed by atoms with E-state index < -0.39 is 0 Å². The molecule has 4 aromatic rings. The average Bonchev–Trinajstić information content (AvgIpc) is 3.12. The number of amides is 1. The number of ether oxygens (including phenoxy) is 1. The maximum atomic E-state index is 11.9. The molecular weight excluding hydrogens is 460 g/mol. The lowest BCUT2D eigenvalue weighted by Gasteiger charge is -2.17. The Kier molecular flexibility index (Phi) is 7.27. The van der Waals surface area contributed by atoms with Gasteiger partial charge in [0, 0.05) is 24.1 Å². The zero-order valence-corrected chi connectivity index (χ0v) is 21.4. The van der Waals surface area contributed by atoms with Gasteiger partial charge in [-0.2, -0.15) is 0 Å². The summed E-state index contributed by atoms with van der Waals surface area (Å²) < 4.78 is 11.3. The van der Waals surface area contributed by atoms with Gasteiger partial charge in [-0.05, 0) is 85.8 Å². The second-order valence-corrected chi connectivity index (χ2v) is 9.32. The van der Waals surface area contributed by atoms with E-state index in [2.05, 4.69) is 48.6 Å². The molecule has 35 heavy (non-hydrogen) atoms. The number of halogens is 1. The normalized spacial score (nSPS) is 10.9. The molecule has 0 saturated carbocycles. The highest BCUT2D eigenvalue weighted by Gasteiger charge is 2.14. The lowest BCUT2D eigenvalue weighted by molar-refractivity contribution is -0.114. The van der Waals surface area contributed by atoms with E-state index >= 15 is 0 Å². The third-order valence-electron chi connectivity index (χ3n) is 6.08. The van der Waals surface area contributed by atoms with E-state index in [-0.39, 0.29) is 5.91 Å². The zero-order chi connectivity index (χ0) is 25.1. The number of nitrogens with zero attached hydrogens (tertiary/aromatic N) is 1. The number of aryl methyl sites for hydroxylation is 4. The Hall–Kier alpha value is -3.57. The topological polar surface area (TPSA) is 64.4 Å². The SMILES string of the molecule is CC(=O)Nc1ccc(OCc2c(C)noc2C)cc1Cc1ccc(C)cc1-c1ccc(Cl)cc1C. The Morgan fingerprint density at radius 1 is 0.971 bits per heavy atom. The van der Waals surface area contributed by atoms with E-state index in [9.17, 15) is 4.79 Å². The standard InChI is InChI=1S/C29H29ClN2O3/c1-17-6-7-22(27(12-17)26-10-8-24(30)13-18(26)2)14-23-15-25(9-11-29(23)31-21(5)33)34-16-28-19(3)32-35-20(28)4/h6-13,15H,14,16H2,1-5H3,(H,31,33). The number of hydrogen-bond acceptors (Lipinski definition) is 4. The molecule has 0 fully saturated rings. The van der Waals surface area contributed by atoms with Gasteiger partial charge in [0.05, 0.1) is 11.3 Å². The van der Waals surface area contributed by atoms with Gasteiger partial charge >= 0.3 is 0 Å². The molecule has 0 radical (unpaired) electrons. The Labute approximate surface area is 211 Å². The molecule has 0 saturated heterocycles. The van der Waals surface area contributed by atoms with Gasteiger partial charge in [0.25, 0.3) is 0 Å². The maximum absolute atomic E-state index is 11.9. The number of carbonyl (C=O) groups is 1. The fourth-order valence-electron chi connectivity index (χ4n) is 4.21. The minimum absolute atomic E-state index is 0.117. The number of aromatic nitrogens is 1. The second kappa shape index (κ2) is 10.4. The van der Waals surface area contributed by atoms with Crippen LogP contribution in [0.25, 0.3) is 11.1 Å². The van der Waals surface area contributed by atoms with E-state index in [1.165, 1.54) is 12.5 Å². The summed E-state index contributed by atoms with van der Waals surface area (Å²) in [6, 6.07) is 18.2. The van der Waals surface area contributed by atoms with Crippen molar-refractivity contribution in [2.75, 3.05) is 5.32 Å². The molecule has 0 spiro atoms. The molecule has 0 aliphatic rings. The zero-order valence-electron chi connectivity index (χ0n) is 20.7. The van der Waals surface area contributed by atoms with E-state index in [0.29, 0.717) is 18.8 Å². The van der Waals surface area contributed by atoms with Gasteiger partial charge in [-0.1, -0.05) is 46.6 Å². The molecular formula is C29H29ClN2O3. The van der Waals surface area contributed by atoms with Crippen LogP contribution >= 0.6 is 11.6 Å². The molecule has 1 aromatic heterocycles. The molecule has 1 heterocycles. The van der Waals surface area contributed by atoms with Crippen molar-refractivity contribution in [3.63, 3.8) is 0 Å². The van der Waals surface area contributed by atoms with Crippen molar-refractivity contribution >= 4 is 23.2 Å². The minimum atomic E-state index is -0.117. The van der Waals surface area contributed by atoms with Crippen molar-refractivity contribution < 1.29 is 14.1 Å². The Balaban J connectivity index is 1.70. The van der Waals surface area contributed by atoms with E-state index in [1.54, 1.807) is 0 Å². The van der Waals surface area contributed by atoms with Crippen molar-refractivity contribution in [1.82, 2.24) is 5.16 Å². The molecule has 0 bridgehead atoms. The number of benzene rings is 3. The van der Waals surface area contributed by atoms with E-state index in [4.69, 9.17) is 20.9 Å². The van der Waals surface area contributed by atoms with Crippen molar-refractivity contribution in [3.05, 3.63) is 98.9 Å². The van der Waals surface area contributed by atoms with E-state index in [0.717, 1.165) is 55.5 Å². The van der Waals surface area contributed by atoms with Gasteiger partial charge in [-0.3, -0.25) is 4.79 Å². The molecule has 0 unspecified atom stereocenters. The van der Waals surface area contributed by atoms with Gasteiger partial charge in [-0.25, -0.2) is 0 Å². The quantitative estimate of drug-likeness (QED) is 0.295. The van der Waals surface area contributed by atoms with Crippen LogP contribution in [0.1, 0.15) is 46.2 Å². The second-order valence-electron chi connectivity index (χ2n) is 8.89. The molecule has 1 N–H and O–H groups in total. The third kappa shape index (κ3) is 5.75. The lowest BCUT2D eigenvalue weighted by Crippen LogP contribution is -2.09. The van der Waals surface area contributed by atoms with Gasteiger partial charge in [-0.15, -0.1) is 0 Å². The largest absolute Gasteiger partial charge is 0.489 e. The Morgan fingerprint density at radius 3 is 2.46 bits per heavy atom. The van der Waals surface area contributed by atoms with Crippen molar-refractivity contribution in [2.24, 2.45) is 0 Å². The molecule has 5 nitrogen and oxygen atoms in total. The van der Waals surface area contributed by atoms with Crippen molar-refractivity contribution in [1.29, 1.82) is 0 Å². The van der Waals surface area contributed by atoms with Gasteiger partial charge < -0.3 is 14.6 Å². The summed E-state index contributed by atoms with van der Waals surface area (Å²) in [6.45, 7) is 9.81. The Morgan fingerprint density at radius 2 is 1.77 bits per heavy atom. The molecule has 1 amide bonds. The monoisotopic (exact) mass is 488 g/mol. The third-order valence-corrected chi connectivity index (χ3v) is 6.31. The summed E-state index contributed by atoms with van der Waals surface area (Å²) in [5.41, 5.74) is 9.22.